The zero-order valence-electron chi connectivity index (χ0n) is 15.9. The number of thiophene rings is 1. The molecule has 0 amide bonds. The van der Waals surface area contributed by atoms with Gasteiger partial charge in [0.1, 0.15) is 0 Å². The van der Waals surface area contributed by atoms with E-state index in [0.717, 1.165) is 17.6 Å². The van der Waals surface area contributed by atoms with Crippen molar-refractivity contribution >= 4 is 17.1 Å². The number of halogens is 1. The first kappa shape index (κ1) is 22.2. The number of quaternary nitrogens is 1. The molecule has 1 atom stereocenters. The number of benzene rings is 1. The van der Waals surface area contributed by atoms with Crippen molar-refractivity contribution in [1.82, 2.24) is 5.32 Å². The summed E-state index contributed by atoms with van der Waals surface area (Å²) >= 11 is 1.41. The Morgan fingerprint density at radius 3 is 2.48 bits per heavy atom. The second-order valence-corrected chi connectivity index (χ2v) is 8.45. The third-order valence-corrected chi connectivity index (χ3v) is 6.46. The van der Waals surface area contributed by atoms with E-state index < -0.39 is 5.60 Å². The lowest BCUT2D eigenvalue weighted by molar-refractivity contribution is -0.912. The second-order valence-electron chi connectivity index (χ2n) is 7.50. The van der Waals surface area contributed by atoms with Gasteiger partial charge >= 0.3 is 0 Å². The summed E-state index contributed by atoms with van der Waals surface area (Å²) in [6.45, 7) is 4.43. The van der Waals surface area contributed by atoms with Gasteiger partial charge in [0.15, 0.2) is 11.4 Å². The number of likely N-dealkylation sites (tertiary alicyclic amines) is 1. The fourth-order valence-corrected chi connectivity index (χ4v) is 4.65. The molecule has 2 aromatic rings. The summed E-state index contributed by atoms with van der Waals surface area (Å²) in [6.07, 6.45) is 3.92. The number of piperidine rings is 1. The summed E-state index contributed by atoms with van der Waals surface area (Å²) in [6, 6.07) is 12.9. The van der Waals surface area contributed by atoms with Crippen LogP contribution in [0.3, 0.4) is 0 Å². The first-order chi connectivity index (χ1) is 12.5. The lowest BCUT2D eigenvalue weighted by Crippen LogP contribution is -3.00. The van der Waals surface area contributed by atoms with Gasteiger partial charge in [-0.3, -0.25) is 4.79 Å². The van der Waals surface area contributed by atoms with E-state index in [9.17, 15) is 9.90 Å². The summed E-state index contributed by atoms with van der Waals surface area (Å²) in [7, 11) is 2.30. The number of aliphatic hydroxyl groups is 1. The summed E-state index contributed by atoms with van der Waals surface area (Å²) in [4.78, 5) is 13.7. The molecule has 6 heteroatoms. The van der Waals surface area contributed by atoms with E-state index in [1.54, 1.807) is 0 Å². The van der Waals surface area contributed by atoms with Crippen LogP contribution in [-0.2, 0) is 10.4 Å². The largest absolute Gasteiger partial charge is 1.00 e. The molecule has 1 unspecified atom stereocenters. The molecular weight excluding hydrogens is 424 g/mol. The monoisotopic (exact) mass is 452 g/mol. The van der Waals surface area contributed by atoms with Crippen molar-refractivity contribution in [3.8, 4) is 0 Å². The molecule has 1 aliphatic heterocycles. The van der Waals surface area contributed by atoms with E-state index in [1.807, 2.05) is 47.8 Å². The number of ketones is 1. The molecule has 148 valence electrons. The Labute approximate surface area is 176 Å². The predicted molar refractivity (Wildman–Crippen MR) is 106 cm³/mol. The van der Waals surface area contributed by atoms with E-state index in [2.05, 4.69) is 12.4 Å². The Kier molecular flexibility index (Phi) is 8.19. The third kappa shape index (κ3) is 5.27. The van der Waals surface area contributed by atoms with Crippen molar-refractivity contribution in [2.75, 3.05) is 39.8 Å². The SMILES string of the molecule is C[N+]1(CCNCC(=O)C(O)(c2ccccc2)c2cccs2)CCCCC1.[Br-]. The summed E-state index contributed by atoms with van der Waals surface area (Å²) < 4.78 is 1.08. The third-order valence-electron chi connectivity index (χ3n) is 5.48. The normalized spacial score (nSPS) is 18.3. The molecule has 1 aromatic carbocycles. The van der Waals surface area contributed by atoms with Crippen LogP contribution in [0.1, 0.15) is 29.7 Å². The fraction of sp³-hybridized carbons (Fsp3) is 0.476. The molecule has 1 fully saturated rings. The second kappa shape index (κ2) is 9.94. The number of carbonyl (C=O) groups excluding carboxylic acids is 1. The zero-order chi connectivity index (χ0) is 18.5. The molecule has 3 rings (SSSR count). The first-order valence-corrected chi connectivity index (χ1v) is 10.3. The molecule has 1 aliphatic rings. The van der Waals surface area contributed by atoms with E-state index >= 15 is 0 Å². The fourth-order valence-electron chi connectivity index (χ4n) is 3.78. The van der Waals surface area contributed by atoms with Gasteiger partial charge in [0.2, 0.25) is 0 Å². The number of hydrogen-bond donors (Lipinski definition) is 2. The molecule has 1 aromatic heterocycles. The Morgan fingerprint density at radius 2 is 1.85 bits per heavy atom. The maximum absolute atomic E-state index is 13.0. The smallest absolute Gasteiger partial charge is 0.188 e. The van der Waals surface area contributed by atoms with E-state index in [1.165, 1.54) is 43.7 Å². The van der Waals surface area contributed by atoms with Crippen LogP contribution in [0.15, 0.2) is 47.8 Å². The molecule has 2 heterocycles. The van der Waals surface area contributed by atoms with Gasteiger partial charge in [-0.15, -0.1) is 11.3 Å². The predicted octanol–water partition coefficient (Wildman–Crippen LogP) is -0.223. The van der Waals surface area contributed by atoms with Gasteiger partial charge in [0, 0.05) is 11.4 Å². The number of nitrogens with one attached hydrogen (secondary N) is 1. The minimum absolute atomic E-state index is 0. The highest BCUT2D eigenvalue weighted by molar-refractivity contribution is 7.10. The lowest BCUT2D eigenvalue weighted by Gasteiger charge is -2.38. The molecule has 1 saturated heterocycles. The highest BCUT2D eigenvalue weighted by Crippen LogP contribution is 2.33. The van der Waals surface area contributed by atoms with Gasteiger partial charge in [-0.25, -0.2) is 0 Å². The molecule has 0 radical (unpaired) electrons. The maximum Gasteiger partial charge on any atom is 0.188 e. The van der Waals surface area contributed by atoms with E-state index in [0.29, 0.717) is 10.4 Å². The highest BCUT2D eigenvalue weighted by atomic mass is 79.9. The number of Topliss-reactive ketones (excluding diaryl/α,β-unsaturated/α-hetero) is 1. The van der Waals surface area contributed by atoms with Crippen LogP contribution in [-0.4, -0.2) is 55.1 Å². The number of nitrogens with zero attached hydrogens (tertiary/aromatic N) is 1. The van der Waals surface area contributed by atoms with Crippen LogP contribution in [0.4, 0.5) is 0 Å². The molecule has 0 saturated carbocycles. The van der Waals surface area contributed by atoms with E-state index in [4.69, 9.17) is 0 Å². The standard InChI is InChI=1S/C21H29N2O2S.BrH/c1-23(13-6-3-7-14-23)15-12-22-17-19(24)21(25,20-11-8-16-26-20)18-9-4-2-5-10-18;/h2,4-5,8-11,16,22,25H,3,6-7,12-15,17H2,1H3;1H/q+1;/p-1. The number of hydrogen-bond acceptors (Lipinski definition) is 4. The number of rotatable bonds is 8. The molecule has 27 heavy (non-hydrogen) atoms. The van der Waals surface area contributed by atoms with Crippen LogP contribution in [0.5, 0.6) is 0 Å². The summed E-state index contributed by atoms with van der Waals surface area (Å²) in [5.74, 6) is -0.201. The topological polar surface area (TPSA) is 49.3 Å². The minimum atomic E-state index is -1.58. The first-order valence-electron chi connectivity index (χ1n) is 9.44. The van der Waals surface area contributed by atoms with Crippen LogP contribution >= 0.6 is 11.3 Å². The van der Waals surface area contributed by atoms with E-state index in [-0.39, 0.29) is 29.3 Å². The van der Waals surface area contributed by atoms with Gasteiger partial charge in [-0.2, -0.15) is 0 Å². The minimum Gasteiger partial charge on any atom is -1.00 e. The maximum atomic E-state index is 13.0. The van der Waals surface area contributed by atoms with Crippen molar-refractivity contribution < 1.29 is 31.4 Å². The zero-order valence-corrected chi connectivity index (χ0v) is 18.3. The Morgan fingerprint density at radius 1 is 1.15 bits per heavy atom. The molecule has 0 aliphatic carbocycles. The molecule has 4 nitrogen and oxygen atoms in total. The molecule has 2 N–H and O–H groups in total. The van der Waals surface area contributed by atoms with Crippen molar-refractivity contribution in [3.63, 3.8) is 0 Å². The van der Waals surface area contributed by atoms with Crippen LogP contribution in [0.25, 0.3) is 0 Å². The molecule has 0 bridgehead atoms. The van der Waals surface area contributed by atoms with Crippen molar-refractivity contribution in [2.45, 2.75) is 24.9 Å². The molecule has 0 spiro atoms. The quantitative estimate of drug-likeness (QED) is 0.429. The van der Waals surface area contributed by atoms with Crippen LogP contribution in [0, 0.1) is 0 Å². The highest BCUT2D eigenvalue weighted by Gasteiger charge is 2.40. The van der Waals surface area contributed by atoms with Gasteiger partial charge in [0.25, 0.3) is 0 Å². The summed E-state index contributed by atoms with van der Waals surface area (Å²) in [5.41, 5.74) is -0.948. The van der Waals surface area contributed by atoms with Crippen molar-refractivity contribution in [2.24, 2.45) is 0 Å². The average Bonchev–Trinajstić information content (AvgIpc) is 3.21. The van der Waals surface area contributed by atoms with Crippen molar-refractivity contribution in [1.29, 1.82) is 0 Å². The van der Waals surface area contributed by atoms with Crippen molar-refractivity contribution in [3.05, 3.63) is 58.3 Å². The van der Waals surface area contributed by atoms with Crippen LogP contribution in [0.2, 0.25) is 0 Å². The average molecular weight is 453 g/mol. The van der Waals surface area contributed by atoms with Gasteiger partial charge < -0.3 is 31.9 Å². The van der Waals surface area contributed by atoms with Gasteiger partial charge in [-0.1, -0.05) is 36.4 Å². The van der Waals surface area contributed by atoms with Gasteiger partial charge in [0.05, 0.1) is 33.2 Å². The Bertz CT molecular complexity index is 702. The number of likely N-dealkylation sites (N-methyl/N-ethyl adjacent to an activating group) is 1. The summed E-state index contributed by atoms with van der Waals surface area (Å²) in [5, 5.41) is 16.5. The Balaban J connectivity index is 0.00000261. The van der Waals surface area contributed by atoms with Gasteiger partial charge in [-0.05, 0) is 36.3 Å². The molecular formula is C21H29BrN2O2S. The van der Waals surface area contributed by atoms with Crippen LogP contribution < -0.4 is 22.3 Å². The lowest BCUT2D eigenvalue weighted by atomic mass is 9.87. The Hall–Kier alpha value is -1.05. The number of carbonyl (C=O) groups is 1.